The molecule has 49 heavy (non-hydrogen) atoms. The number of carbonyl (C=O) groups is 2. The Bertz CT molecular complexity index is 1430. The molecule has 3 fully saturated rings. The van der Waals surface area contributed by atoms with E-state index in [2.05, 4.69) is 24.1 Å². The van der Waals surface area contributed by atoms with Crippen molar-refractivity contribution < 1.29 is 42.8 Å². The van der Waals surface area contributed by atoms with Crippen molar-refractivity contribution in [3.05, 3.63) is 59.4 Å². The van der Waals surface area contributed by atoms with Crippen molar-refractivity contribution in [1.29, 1.82) is 0 Å². The van der Waals surface area contributed by atoms with Crippen LogP contribution < -0.4 is 0 Å². The summed E-state index contributed by atoms with van der Waals surface area (Å²) in [5.41, 5.74) is 2.13. The number of rotatable bonds is 7. The normalized spacial score (nSPS) is 36.2. The summed E-state index contributed by atoms with van der Waals surface area (Å²) in [5, 5.41) is 11.1. The highest BCUT2D eigenvalue weighted by Gasteiger charge is 2.56. The number of aromatic nitrogens is 1. The molecule has 4 aliphatic heterocycles. The smallest absolute Gasteiger partial charge is 0.338 e. The van der Waals surface area contributed by atoms with Gasteiger partial charge in [-0.25, -0.2) is 9.78 Å². The van der Waals surface area contributed by atoms with Crippen molar-refractivity contribution in [2.75, 3.05) is 7.11 Å². The lowest BCUT2D eigenvalue weighted by atomic mass is 9.87. The number of esters is 2. The number of hydrogen-bond donors (Lipinski definition) is 1. The summed E-state index contributed by atoms with van der Waals surface area (Å²) in [4.78, 5) is 30.3. The number of aliphatic hydroxyl groups excluding tert-OH is 1. The largest absolute Gasteiger partial charge is 0.462 e. The minimum Gasteiger partial charge on any atom is -0.462 e. The highest BCUT2D eigenvalue weighted by Crippen LogP contribution is 2.43. The number of epoxide rings is 2. The summed E-state index contributed by atoms with van der Waals surface area (Å²) in [7, 11) is 1.67. The number of oxazole rings is 1. The lowest BCUT2D eigenvalue weighted by Gasteiger charge is -2.31. The van der Waals surface area contributed by atoms with Crippen LogP contribution in [0.5, 0.6) is 0 Å². The summed E-state index contributed by atoms with van der Waals surface area (Å²) in [5.74, 6) is 0.267. The standard InChI is InChI=1S/C39H55NO9/c1-23-14-16-30-19-28(21-35(42)46-30)20-32-37(47-32)38(43)48-31(12-9-13-33(41)39(6)34(49-39)17-15-23)26(4)36(44-7)25(3)11-8-10-24(2)18-29-22-45-27(5)40-29/h8,10-11,15,17-18,22-23,26,28,30-34,36-37,41H,9,12-14,16,19-21H2,1-7H3. The second-order valence-corrected chi connectivity index (χ2v) is 14.8. The van der Waals surface area contributed by atoms with Crippen LogP contribution in [0.4, 0.5) is 0 Å². The SMILES string of the molecule is COC(C(C)=CC=CC(C)=Cc1coc(C)n1)C(C)C1CCCC(O)C2(C)OC2C=CC(C)CCC2CC(CC(=O)O2)CC2OC2C(=O)O1. The molecule has 3 saturated heterocycles. The molecule has 10 nitrogen and oxygen atoms in total. The highest BCUT2D eigenvalue weighted by atomic mass is 16.6. The molecular formula is C39H55NO9. The Kier molecular flexibility index (Phi) is 12.4. The second-order valence-electron chi connectivity index (χ2n) is 14.8. The Morgan fingerprint density at radius 3 is 2.65 bits per heavy atom. The molecule has 2 bridgehead atoms. The van der Waals surface area contributed by atoms with Crippen LogP contribution in [0, 0.1) is 24.7 Å². The lowest BCUT2D eigenvalue weighted by molar-refractivity contribution is -0.157. The zero-order valence-electron chi connectivity index (χ0n) is 30.1. The summed E-state index contributed by atoms with van der Waals surface area (Å²) in [6, 6.07) is 0. The zero-order valence-corrected chi connectivity index (χ0v) is 30.1. The fourth-order valence-corrected chi connectivity index (χ4v) is 7.39. The van der Waals surface area contributed by atoms with Crippen molar-refractivity contribution in [2.24, 2.45) is 17.8 Å². The van der Waals surface area contributed by atoms with E-state index in [0.29, 0.717) is 38.0 Å². The van der Waals surface area contributed by atoms with Crippen molar-refractivity contribution >= 4 is 18.0 Å². The number of ether oxygens (including phenoxy) is 5. The topological polar surface area (TPSA) is 133 Å². The quantitative estimate of drug-likeness (QED) is 0.145. The van der Waals surface area contributed by atoms with Gasteiger partial charge in [0.25, 0.3) is 0 Å². The van der Waals surface area contributed by atoms with Crippen LogP contribution >= 0.6 is 0 Å². The van der Waals surface area contributed by atoms with Gasteiger partial charge in [-0.2, -0.15) is 0 Å². The average Bonchev–Trinajstić information content (AvgIpc) is 3.92. The van der Waals surface area contributed by atoms with Gasteiger partial charge in [0.15, 0.2) is 12.0 Å². The van der Waals surface area contributed by atoms with Crippen molar-refractivity contribution in [3.8, 4) is 0 Å². The maximum Gasteiger partial charge on any atom is 0.338 e. The molecule has 11 atom stereocenters. The highest BCUT2D eigenvalue weighted by molar-refractivity contribution is 5.78. The summed E-state index contributed by atoms with van der Waals surface area (Å²) < 4.78 is 35.0. The van der Waals surface area contributed by atoms with Gasteiger partial charge in [0, 0.05) is 26.4 Å². The van der Waals surface area contributed by atoms with Crippen LogP contribution in [0.1, 0.15) is 97.6 Å². The van der Waals surface area contributed by atoms with Crippen molar-refractivity contribution in [3.63, 3.8) is 0 Å². The van der Waals surface area contributed by atoms with Crippen LogP contribution in [-0.2, 0) is 33.3 Å². The van der Waals surface area contributed by atoms with E-state index in [1.807, 2.05) is 58.9 Å². The Hall–Kier alpha value is -3.05. The number of allylic oxidation sites excluding steroid dienone is 5. The number of aryl methyl sites for hydroxylation is 1. The molecule has 5 rings (SSSR count). The van der Waals surface area contributed by atoms with Gasteiger partial charge < -0.3 is 33.2 Å². The first kappa shape index (κ1) is 37.2. The minimum atomic E-state index is -0.660. The van der Waals surface area contributed by atoms with E-state index in [-0.39, 0.29) is 54.1 Å². The number of cyclic esters (lactones) is 1. The lowest BCUT2D eigenvalue weighted by Crippen LogP contribution is -2.37. The predicted molar refractivity (Wildman–Crippen MR) is 184 cm³/mol. The van der Waals surface area contributed by atoms with E-state index >= 15 is 0 Å². The van der Waals surface area contributed by atoms with Gasteiger partial charge in [-0.3, -0.25) is 4.79 Å². The molecule has 0 saturated carbocycles. The second kappa shape index (κ2) is 16.3. The Morgan fingerprint density at radius 1 is 1.12 bits per heavy atom. The number of hydrogen-bond acceptors (Lipinski definition) is 10. The first-order valence-electron chi connectivity index (χ1n) is 17.9. The van der Waals surface area contributed by atoms with E-state index in [9.17, 15) is 14.7 Å². The third kappa shape index (κ3) is 10.0. The van der Waals surface area contributed by atoms with Gasteiger partial charge in [-0.05, 0) is 94.8 Å². The predicted octanol–water partition coefficient (Wildman–Crippen LogP) is 6.61. The molecular weight excluding hydrogens is 626 g/mol. The number of carbonyl (C=O) groups excluding carboxylic acids is 2. The molecule has 1 aromatic heterocycles. The van der Waals surface area contributed by atoms with Crippen molar-refractivity contribution in [1.82, 2.24) is 4.98 Å². The molecule has 1 aromatic rings. The number of aliphatic hydroxyl groups is 1. The average molecular weight is 682 g/mol. The van der Waals surface area contributed by atoms with E-state index in [0.717, 1.165) is 36.1 Å². The van der Waals surface area contributed by atoms with Gasteiger partial charge in [0.2, 0.25) is 0 Å². The van der Waals surface area contributed by atoms with Gasteiger partial charge >= 0.3 is 11.9 Å². The van der Waals surface area contributed by atoms with Crippen LogP contribution in [0.2, 0.25) is 0 Å². The van der Waals surface area contributed by atoms with E-state index in [1.54, 1.807) is 13.4 Å². The van der Waals surface area contributed by atoms with Gasteiger partial charge in [0.05, 0.1) is 18.3 Å². The van der Waals surface area contributed by atoms with Crippen LogP contribution in [0.3, 0.4) is 0 Å². The first-order chi connectivity index (χ1) is 23.4. The molecule has 11 unspecified atom stereocenters. The molecule has 0 spiro atoms. The van der Waals surface area contributed by atoms with Crippen LogP contribution in [0.15, 0.2) is 52.2 Å². The summed E-state index contributed by atoms with van der Waals surface area (Å²) in [6.45, 7) is 11.9. The Balaban J connectivity index is 1.29. The molecule has 0 aromatic carbocycles. The maximum atomic E-state index is 13.5. The zero-order chi connectivity index (χ0) is 35.3. The molecule has 0 aliphatic carbocycles. The monoisotopic (exact) mass is 681 g/mol. The Labute approximate surface area is 290 Å². The molecule has 10 heteroatoms. The maximum absolute atomic E-state index is 13.5. The third-order valence-corrected chi connectivity index (χ3v) is 10.6. The molecule has 270 valence electrons. The van der Waals surface area contributed by atoms with Gasteiger partial charge in [0.1, 0.15) is 35.9 Å². The summed E-state index contributed by atoms with van der Waals surface area (Å²) in [6.07, 6.45) is 16.2. The number of fused-ring (bicyclic) bond motifs is 4. The summed E-state index contributed by atoms with van der Waals surface area (Å²) >= 11 is 0. The van der Waals surface area contributed by atoms with E-state index < -0.39 is 23.9 Å². The number of methoxy groups -OCH3 is 1. The fourth-order valence-electron chi connectivity index (χ4n) is 7.39. The van der Waals surface area contributed by atoms with E-state index in [4.69, 9.17) is 28.1 Å². The minimum absolute atomic E-state index is 0.111. The van der Waals surface area contributed by atoms with Gasteiger partial charge in [-0.1, -0.05) is 44.2 Å². The molecule has 0 amide bonds. The Morgan fingerprint density at radius 2 is 1.92 bits per heavy atom. The van der Waals surface area contributed by atoms with Crippen LogP contribution in [-0.4, -0.2) is 77.5 Å². The van der Waals surface area contributed by atoms with Crippen LogP contribution in [0.25, 0.3) is 6.08 Å². The van der Waals surface area contributed by atoms with Gasteiger partial charge in [-0.15, -0.1) is 0 Å². The molecule has 5 heterocycles. The fraction of sp³-hybridized carbons (Fsp3) is 0.667. The van der Waals surface area contributed by atoms with E-state index in [1.165, 1.54) is 0 Å². The third-order valence-electron chi connectivity index (χ3n) is 10.6. The molecule has 0 radical (unpaired) electrons. The molecule has 1 N–H and O–H groups in total. The first-order valence-corrected chi connectivity index (χ1v) is 17.9. The number of nitrogens with zero attached hydrogens (tertiary/aromatic N) is 1. The van der Waals surface area contributed by atoms with Crippen molar-refractivity contribution in [2.45, 2.75) is 141 Å². The molecule has 4 aliphatic rings.